The largest absolute Gasteiger partial charge is 0.335 e. The summed E-state index contributed by atoms with van der Waals surface area (Å²) in [6, 6.07) is 5.45. The van der Waals surface area contributed by atoms with Gasteiger partial charge in [-0.2, -0.15) is 0 Å². The summed E-state index contributed by atoms with van der Waals surface area (Å²) in [7, 11) is -3.74. The Morgan fingerprint density at radius 1 is 1.29 bits per heavy atom. The number of hydrogen-bond acceptors (Lipinski definition) is 2. The first-order valence-corrected chi connectivity index (χ1v) is 9.05. The average Bonchev–Trinajstić information content (AvgIpc) is 2.46. The highest BCUT2D eigenvalue weighted by molar-refractivity contribution is 7.89. The van der Waals surface area contributed by atoms with E-state index in [1.165, 1.54) is 49.0 Å². The minimum absolute atomic E-state index is 0.274. The van der Waals surface area contributed by atoms with Crippen molar-refractivity contribution in [1.29, 1.82) is 0 Å². The number of rotatable bonds is 6. The highest BCUT2D eigenvalue weighted by Gasteiger charge is 2.20. The molecule has 1 saturated heterocycles. The first kappa shape index (κ1) is 16.4. The van der Waals surface area contributed by atoms with E-state index >= 15 is 0 Å². The molecule has 1 fully saturated rings. The molecule has 0 aromatic heterocycles. The molecule has 6 heteroatoms. The number of likely N-dealkylation sites (tertiary alicyclic amines) is 1. The Balaban J connectivity index is 1.77. The number of benzene rings is 1. The SMILES string of the molecule is CC1CC[NH+](CCCNS(=O)(=O)c2ccccc2F)CC1. The molecule has 0 aliphatic carbocycles. The van der Waals surface area contributed by atoms with Crippen molar-refractivity contribution in [2.24, 2.45) is 5.92 Å². The van der Waals surface area contributed by atoms with Crippen LogP contribution in [-0.2, 0) is 10.0 Å². The molecule has 1 aliphatic rings. The maximum Gasteiger partial charge on any atom is 0.243 e. The molecule has 0 unspecified atom stereocenters. The third kappa shape index (κ3) is 4.76. The zero-order valence-electron chi connectivity index (χ0n) is 12.4. The van der Waals surface area contributed by atoms with Crippen LogP contribution in [0.4, 0.5) is 4.39 Å². The van der Waals surface area contributed by atoms with Gasteiger partial charge >= 0.3 is 0 Å². The van der Waals surface area contributed by atoms with Gasteiger partial charge < -0.3 is 4.90 Å². The van der Waals surface area contributed by atoms with Gasteiger partial charge in [0.2, 0.25) is 10.0 Å². The van der Waals surface area contributed by atoms with Crippen LogP contribution in [-0.4, -0.2) is 34.6 Å². The van der Waals surface area contributed by atoms with Gasteiger partial charge in [-0.05, 0) is 30.9 Å². The Bertz CT molecular complexity index is 555. The summed E-state index contributed by atoms with van der Waals surface area (Å²) in [5, 5.41) is 0. The van der Waals surface area contributed by atoms with E-state index in [0.717, 1.165) is 24.9 Å². The molecule has 0 saturated carbocycles. The molecule has 0 amide bonds. The summed E-state index contributed by atoms with van der Waals surface area (Å²) < 4.78 is 40.0. The van der Waals surface area contributed by atoms with E-state index in [1.54, 1.807) is 0 Å². The maximum atomic E-state index is 13.5. The van der Waals surface area contributed by atoms with E-state index in [-0.39, 0.29) is 4.90 Å². The zero-order valence-corrected chi connectivity index (χ0v) is 13.3. The Morgan fingerprint density at radius 2 is 1.95 bits per heavy atom. The van der Waals surface area contributed by atoms with Gasteiger partial charge in [0, 0.05) is 13.0 Å². The van der Waals surface area contributed by atoms with E-state index in [0.29, 0.717) is 6.54 Å². The van der Waals surface area contributed by atoms with Crippen molar-refractivity contribution in [2.75, 3.05) is 26.2 Å². The molecule has 0 atom stereocenters. The first-order chi connectivity index (χ1) is 9.99. The molecule has 118 valence electrons. The number of nitrogens with one attached hydrogen (secondary N) is 2. The molecule has 1 aromatic rings. The van der Waals surface area contributed by atoms with Gasteiger partial charge in [-0.15, -0.1) is 0 Å². The summed E-state index contributed by atoms with van der Waals surface area (Å²) >= 11 is 0. The minimum atomic E-state index is -3.74. The lowest BCUT2D eigenvalue weighted by Crippen LogP contribution is -3.13. The third-order valence-corrected chi connectivity index (χ3v) is 5.60. The van der Waals surface area contributed by atoms with E-state index in [2.05, 4.69) is 11.6 Å². The quantitative estimate of drug-likeness (QED) is 0.763. The molecule has 2 N–H and O–H groups in total. The van der Waals surface area contributed by atoms with Gasteiger partial charge in [0.25, 0.3) is 0 Å². The number of piperidine rings is 1. The van der Waals surface area contributed by atoms with Gasteiger partial charge in [0.05, 0.1) is 19.6 Å². The van der Waals surface area contributed by atoms with E-state index in [1.807, 2.05) is 0 Å². The fourth-order valence-corrected chi connectivity index (χ4v) is 3.86. The molecule has 1 heterocycles. The van der Waals surface area contributed by atoms with Gasteiger partial charge in [-0.3, -0.25) is 0 Å². The molecule has 21 heavy (non-hydrogen) atoms. The van der Waals surface area contributed by atoms with Crippen LogP contribution >= 0.6 is 0 Å². The Labute approximate surface area is 126 Å². The van der Waals surface area contributed by atoms with Crippen LogP contribution in [0.5, 0.6) is 0 Å². The summed E-state index contributed by atoms with van der Waals surface area (Å²) in [5.74, 6) is 0.106. The van der Waals surface area contributed by atoms with Crippen LogP contribution in [0, 0.1) is 11.7 Å². The average molecular weight is 315 g/mol. The Morgan fingerprint density at radius 3 is 2.62 bits per heavy atom. The Kier molecular flexibility index (Phi) is 5.72. The fourth-order valence-electron chi connectivity index (χ4n) is 2.71. The van der Waals surface area contributed by atoms with E-state index < -0.39 is 15.8 Å². The van der Waals surface area contributed by atoms with Crippen molar-refractivity contribution in [3.8, 4) is 0 Å². The molecule has 0 radical (unpaired) electrons. The van der Waals surface area contributed by atoms with Crippen molar-refractivity contribution in [3.05, 3.63) is 30.1 Å². The van der Waals surface area contributed by atoms with Crippen LogP contribution < -0.4 is 9.62 Å². The lowest BCUT2D eigenvalue weighted by molar-refractivity contribution is -0.906. The lowest BCUT2D eigenvalue weighted by atomic mass is 9.99. The Hall–Kier alpha value is -0.980. The van der Waals surface area contributed by atoms with Crippen molar-refractivity contribution >= 4 is 10.0 Å². The van der Waals surface area contributed by atoms with Crippen molar-refractivity contribution in [3.63, 3.8) is 0 Å². The highest BCUT2D eigenvalue weighted by Crippen LogP contribution is 2.12. The van der Waals surface area contributed by atoms with Crippen LogP contribution in [0.15, 0.2) is 29.2 Å². The standard InChI is InChI=1S/C15H23FN2O2S/c1-13-7-11-18(12-8-13)10-4-9-17-21(19,20)15-6-3-2-5-14(15)16/h2-3,5-6,13,17H,4,7-12H2,1H3/p+1. The maximum absolute atomic E-state index is 13.5. The number of sulfonamides is 1. The van der Waals surface area contributed by atoms with Crippen molar-refractivity contribution in [1.82, 2.24) is 4.72 Å². The van der Waals surface area contributed by atoms with Gasteiger partial charge in [0.15, 0.2) is 0 Å². The van der Waals surface area contributed by atoms with E-state index in [4.69, 9.17) is 0 Å². The molecule has 4 nitrogen and oxygen atoms in total. The predicted molar refractivity (Wildman–Crippen MR) is 80.2 cm³/mol. The fraction of sp³-hybridized carbons (Fsp3) is 0.600. The second-order valence-corrected chi connectivity index (χ2v) is 7.60. The lowest BCUT2D eigenvalue weighted by Gasteiger charge is -2.27. The molecule has 0 spiro atoms. The molecular weight excluding hydrogens is 291 g/mol. The normalized spacial score (nSPS) is 23.1. The van der Waals surface area contributed by atoms with Gasteiger partial charge in [0.1, 0.15) is 10.7 Å². The zero-order chi connectivity index (χ0) is 15.3. The van der Waals surface area contributed by atoms with Crippen molar-refractivity contribution in [2.45, 2.75) is 31.1 Å². The van der Waals surface area contributed by atoms with E-state index in [9.17, 15) is 12.8 Å². The minimum Gasteiger partial charge on any atom is -0.335 e. The second kappa shape index (κ2) is 7.33. The smallest absolute Gasteiger partial charge is 0.243 e. The molecular formula is C15H24FN2O2S+. The molecule has 2 rings (SSSR count). The number of quaternary nitrogens is 1. The van der Waals surface area contributed by atoms with Gasteiger partial charge in [-0.25, -0.2) is 17.5 Å². The molecule has 1 aromatic carbocycles. The molecule has 1 aliphatic heterocycles. The summed E-state index contributed by atoms with van der Waals surface area (Å²) in [6.07, 6.45) is 3.27. The van der Waals surface area contributed by atoms with Crippen LogP contribution in [0.3, 0.4) is 0 Å². The number of halogens is 1. The highest BCUT2D eigenvalue weighted by atomic mass is 32.2. The van der Waals surface area contributed by atoms with Crippen LogP contribution in [0.25, 0.3) is 0 Å². The van der Waals surface area contributed by atoms with Crippen molar-refractivity contribution < 1.29 is 17.7 Å². The van der Waals surface area contributed by atoms with Crippen LogP contribution in [0.1, 0.15) is 26.2 Å². The van der Waals surface area contributed by atoms with Crippen LogP contribution in [0.2, 0.25) is 0 Å². The molecule has 0 bridgehead atoms. The second-order valence-electron chi connectivity index (χ2n) is 5.86. The summed E-state index contributed by atoms with van der Waals surface area (Å²) in [4.78, 5) is 1.27. The predicted octanol–water partition coefficient (Wildman–Crippen LogP) is 0.809. The third-order valence-electron chi connectivity index (χ3n) is 4.11. The topological polar surface area (TPSA) is 50.6 Å². The first-order valence-electron chi connectivity index (χ1n) is 7.57. The summed E-state index contributed by atoms with van der Waals surface area (Å²) in [5.41, 5.74) is 0. The number of hydrogen-bond donors (Lipinski definition) is 2. The van der Waals surface area contributed by atoms with Gasteiger partial charge in [-0.1, -0.05) is 19.1 Å². The monoisotopic (exact) mass is 315 g/mol. The summed E-state index contributed by atoms with van der Waals surface area (Å²) in [6.45, 7) is 5.93.